The van der Waals surface area contributed by atoms with Crippen LogP contribution in [-0.2, 0) is 4.79 Å². The van der Waals surface area contributed by atoms with Crippen molar-refractivity contribution < 1.29 is 9.59 Å². The summed E-state index contributed by atoms with van der Waals surface area (Å²) < 4.78 is 0. The van der Waals surface area contributed by atoms with Crippen molar-refractivity contribution in [3.05, 3.63) is 0 Å². The lowest BCUT2D eigenvalue weighted by Crippen LogP contribution is -2.42. The Morgan fingerprint density at radius 2 is 1.77 bits per heavy atom. The van der Waals surface area contributed by atoms with E-state index in [0.29, 0.717) is 13.1 Å². The highest BCUT2D eigenvalue weighted by Crippen LogP contribution is 2.15. The van der Waals surface area contributed by atoms with Crippen LogP contribution < -0.4 is 16.0 Å². The molecule has 3 N–H and O–H groups in total. The number of urea groups is 1. The number of piperidine rings is 1. The second-order valence-electron chi connectivity index (χ2n) is 6.19. The Morgan fingerprint density at radius 3 is 2.45 bits per heavy atom. The highest BCUT2D eigenvalue weighted by molar-refractivity contribution is 5.83. The Labute approximate surface area is 134 Å². The highest BCUT2D eigenvalue weighted by Gasteiger charge is 2.14. The number of nitrogens with one attached hydrogen (secondary N) is 3. The summed E-state index contributed by atoms with van der Waals surface area (Å²) >= 11 is 0. The van der Waals surface area contributed by atoms with Crippen LogP contribution in [0.2, 0.25) is 0 Å². The van der Waals surface area contributed by atoms with E-state index in [1.807, 2.05) is 6.92 Å². The highest BCUT2D eigenvalue weighted by atomic mass is 16.2. The summed E-state index contributed by atoms with van der Waals surface area (Å²) in [6.45, 7) is 9.20. The predicted molar refractivity (Wildman–Crippen MR) is 88.8 cm³/mol. The summed E-state index contributed by atoms with van der Waals surface area (Å²) in [5.41, 5.74) is 0. The SMILES string of the molecule is CCCNC(=O)CNC(=O)NCCCCN1CCC(C)CC1. The van der Waals surface area contributed by atoms with Crippen molar-refractivity contribution in [3.63, 3.8) is 0 Å². The topological polar surface area (TPSA) is 73.5 Å². The second-order valence-corrected chi connectivity index (χ2v) is 6.19. The minimum Gasteiger partial charge on any atom is -0.355 e. The number of carbonyl (C=O) groups excluding carboxylic acids is 2. The summed E-state index contributed by atoms with van der Waals surface area (Å²) in [6.07, 6.45) is 5.59. The van der Waals surface area contributed by atoms with Crippen LogP contribution in [0.25, 0.3) is 0 Å². The average molecular weight is 312 g/mol. The van der Waals surface area contributed by atoms with E-state index in [-0.39, 0.29) is 18.5 Å². The second kappa shape index (κ2) is 11.3. The zero-order valence-corrected chi connectivity index (χ0v) is 14.1. The fourth-order valence-electron chi connectivity index (χ4n) is 2.50. The fraction of sp³-hybridized carbons (Fsp3) is 0.875. The maximum atomic E-state index is 11.5. The molecule has 0 aromatic rings. The van der Waals surface area contributed by atoms with Gasteiger partial charge in [-0.05, 0) is 57.7 Å². The molecule has 22 heavy (non-hydrogen) atoms. The first-order valence-electron chi connectivity index (χ1n) is 8.62. The summed E-state index contributed by atoms with van der Waals surface area (Å²) in [7, 11) is 0. The third-order valence-corrected chi connectivity index (χ3v) is 4.04. The Bertz CT molecular complexity index is 328. The number of hydrogen-bond acceptors (Lipinski definition) is 3. The first-order chi connectivity index (χ1) is 10.6. The Hall–Kier alpha value is -1.30. The molecule has 0 aromatic carbocycles. The number of rotatable bonds is 9. The molecule has 1 heterocycles. The largest absolute Gasteiger partial charge is 0.355 e. The molecular formula is C16H32N4O2. The van der Waals surface area contributed by atoms with Crippen LogP contribution in [0, 0.1) is 5.92 Å². The lowest BCUT2D eigenvalue weighted by atomic mass is 9.99. The summed E-state index contributed by atoms with van der Waals surface area (Å²) in [4.78, 5) is 25.3. The van der Waals surface area contributed by atoms with Crippen LogP contribution in [-0.4, -0.2) is 56.1 Å². The van der Waals surface area contributed by atoms with Gasteiger partial charge in [0.15, 0.2) is 0 Å². The molecule has 0 unspecified atom stereocenters. The molecule has 128 valence electrons. The van der Waals surface area contributed by atoms with Gasteiger partial charge in [-0.15, -0.1) is 0 Å². The van der Waals surface area contributed by atoms with E-state index in [2.05, 4.69) is 27.8 Å². The minimum atomic E-state index is -0.265. The number of carbonyl (C=O) groups is 2. The van der Waals surface area contributed by atoms with Gasteiger partial charge in [-0.1, -0.05) is 13.8 Å². The van der Waals surface area contributed by atoms with E-state index in [0.717, 1.165) is 31.7 Å². The molecular weight excluding hydrogens is 280 g/mol. The van der Waals surface area contributed by atoms with Crippen LogP contribution in [0.15, 0.2) is 0 Å². The van der Waals surface area contributed by atoms with Crippen molar-refractivity contribution in [3.8, 4) is 0 Å². The number of amides is 3. The van der Waals surface area contributed by atoms with Gasteiger partial charge in [0, 0.05) is 13.1 Å². The lowest BCUT2D eigenvalue weighted by Gasteiger charge is -2.30. The lowest BCUT2D eigenvalue weighted by molar-refractivity contribution is -0.120. The maximum Gasteiger partial charge on any atom is 0.315 e. The van der Waals surface area contributed by atoms with Gasteiger partial charge in [0.05, 0.1) is 6.54 Å². The van der Waals surface area contributed by atoms with Gasteiger partial charge in [-0.2, -0.15) is 0 Å². The van der Waals surface area contributed by atoms with E-state index in [9.17, 15) is 9.59 Å². The Morgan fingerprint density at radius 1 is 1.05 bits per heavy atom. The average Bonchev–Trinajstić information content (AvgIpc) is 2.52. The standard InChI is InChI=1S/C16H32N4O2/c1-3-8-17-15(21)13-19-16(22)18-9-4-5-10-20-11-6-14(2)7-12-20/h14H,3-13H2,1-2H3,(H,17,21)(H2,18,19,22). The molecule has 3 amide bonds. The molecule has 6 heteroatoms. The smallest absolute Gasteiger partial charge is 0.315 e. The molecule has 6 nitrogen and oxygen atoms in total. The molecule has 0 bridgehead atoms. The zero-order valence-electron chi connectivity index (χ0n) is 14.1. The summed E-state index contributed by atoms with van der Waals surface area (Å²) in [6, 6.07) is -0.265. The van der Waals surface area contributed by atoms with Crippen molar-refractivity contribution in [2.75, 3.05) is 39.3 Å². The quantitative estimate of drug-likeness (QED) is 0.562. The Balaban J connectivity index is 1.93. The Kier molecular flexibility index (Phi) is 9.62. The predicted octanol–water partition coefficient (Wildman–Crippen LogP) is 1.32. The number of hydrogen-bond donors (Lipinski definition) is 3. The third kappa shape index (κ3) is 8.87. The van der Waals surface area contributed by atoms with E-state index < -0.39 is 0 Å². The number of likely N-dealkylation sites (tertiary alicyclic amines) is 1. The van der Waals surface area contributed by atoms with Crippen molar-refractivity contribution in [2.24, 2.45) is 5.92 Å². The van der Waals surface area contributed by atoms with E-state index in [4.69, 9.17) is 0 Å². The van der Waals surface area contributed by atoms with Crippen LogP contribution in [0.1, 0.15) is 46.0 Å². The molecule has 1 fully saturated rings. The van der Waals surface area contributed by atoms with Gasteiger partial charge in [-0.3, -0.25) is 4.79 Å². The number of nitrogens with zero attached hydrogens (tertiary/aromatic N) is 1. The molecule has 0 spiro atoms. The monoisotopic (exact) mass is 312 g/mol. The summed E-state index contributed by atoms with van der Waals surface area (Å²) in [5.74, 6) is 0.729. The van der Waals surface area contributed by atoms with Crippen molar-refractivity contribution in [1.82, 2.24) is 20.9 Å². The van der Waals surface area contributed by atoms with Gasteiger partial charge >= 0.3 is 6.03 Å². The van der Waals surface area contributed by atoms with Gasteiger partial charge in [0.2, 0.25) is 5.91 Å². The van der Waals surface area contributed by atoms with Crippen LogP contribution in [0.5, 0.6) is 0 Å². The van der Waals surface area contributed by atoms with Crippen molar-refractivity contribution in [1.29, 1.82) is 0 Å². The van der Waals surface area contributed by atoms with Gasteiger partial charge < -0.3 is 20.9 Å². The normalized spacial score (nSPS) is 16.3. The molecule has 1 aliphatic rings. The fourth-order valence-corrected chi connectivity index (χ4v) is 2.50. The first-order valence-corrected chi connectivity index (χ1v) is 8.62. The zero-order chi connectivity index (χ0) is 16.2. The van der Waals surface area contributed by atoms with Crippen LogP contribution in [0.4, 0.5) is 4.79 Å². The number of unbranched alkanes of at least 4 members (excludes halogenated alkanes) is 1. The minimum absolute atomic E-state index is 0.0395. The first kappa shape index (κ1) is 18.7. The van der Waals surface area contributed by atoms with Gasteiger partial charge in [-0.25, -0.2) is 4.79 Å². The van der Waals surface area contributed by atoms with Crippen LogP contribution >= 0.6 is 0 Å². The third-order valence-electron chi connectivity index (χ3n) is 4.04. The maximum absolute atomic E-state index is 11.5. The van der Waals surface area contributed by atoms with Gasteiger partial charge in [0.1, 0.15) is 0 Å². The summed E-state index contributed by atoms with van der Waals surface area (Å²) in [5, 5.41) is 8.07. The molecule has 1 aliphatic heterocycles. The van der Waals surface area contributed by atoms with E-state index in [1.165, 1.54) is 25.9 Å². The molecule has 0 aliphatic carbocycles. The molecule has 0 aromatic heterocycles. The van der Waals surface area contributed by atoms with Gasteiger partial charge in [0.25, 0.3) is 0 Å². The van der Waals surface area contributed by atoms with Crippen molar-refractivity contribution in [2.45, 2.75) is 46.0 Å². The van der Waals surface area contributed by atoms with E-state index in [1.54, 1.807) is 0 Å². The molecule has 1 saturated heterocycles. The van der Waals surface area contributed by atoms with Crippen LogP contribution in [0.3, 0.4) is 0 Å². The van der Waals surface area contributed by atoms with E-state index >= 15 is 0 Å². The molecule has 0 atom stereocenters. The molecule has 1 rings (SSSR count). The molecule has 0 radical (unpaired) electrons. The van der Waals surface area contributed by atoms with Crippen molar-refractivity contribution >= 4 is 11.9 Å². The molecule has 0 saturated carbocycles.